The molecule has 114 valence electrons. The summed E-state index contributed by atoms with van der Waals surface area (Å²) in [4.78, 5) is 2.15. The molecule has 0 amide bonds. The number of nitrogens with zero attached hydrogens (tertiary/aromatic N) is 1. The molecule has 0 saturated heterocycles. The van der Waals surface area contributed by atoms with E-state index in [1.807, 2.05) is 18.2 Å². The maximum absolute atomic E-state index is 13.8. The molecule has 3 aromatic rings. The zero-order valence-corrected chi connectivity index (χ0v) is 13.3. The lowest BCUT2D eigenvalue weighted by Gasteiger charge is -2.42. The first-order valence-electron chi connectivity index (χ1n) is 7.84. The van der Waals surface area contributed by atoms with E-state index in [0.29, 0.717) is 0 Å². The summed E-state index contributed by atoms with van der Waals surface area (Å²) < 4.78 is 13.8. The fourth-order valence-electron chi connectivity index (χ4n) is 3.56. The Morgan fingerprint density at radius 2 is 1.30 bits per heavy atom. The summed E-state index contributed by atoms with van der Waals surface area (Å²) in [6.45, 7) is 4.49. The molecule has 0 unspecified atom stereocenters. The van der Waals surface area contributed by atoms with Crippen LogP contribution in [0.15, 0.2) is 72.8 Å². The zero-order valence-electron chi connectivity index (χ0n) is 13.3. The minimum atomic E-state index is -0.220. The molecule has 1 nitrogen and oxygen atoms in total. The van der Waals surface area contributed by atoms with E-state index in [9.17, 15) is 4.39 Å². The summed E-state index contributed by atoms with van der Waals surface area (Å²) in [5, 5.41) is 0. The second-order valence-corrected chi connectivity index (χ2v) is 6.47. The monoisotopic (exact) mass is 303 g/mol. The van der Waals surface area contributed by atoms with Crippen LogP contribution in [-0.4, -0.2) is 0 Å². The number of halogens is 1. The normalized spacial score (nSPS) is 15.0. The topological polar surface area (TPSA) is 3.24 Å². The molecule has 1 aliphatic heterocycles. The van der Waals surface area contributed by atoms with Gasteiger partial charge in [-0.25, -0.2) is 4.39 Å². The minimum Gasteiger partial charge on any atom is -0.310 e. The molecule has 3 aromatic carbocycles. The lowest BCUT2D eigenvalue weighted by molar-refractivity contribution is 0.625. The van der Waals surface area contributed by atoms with E-state index in [-0.39, 0.29) is 11.2 Å². The van der Waals surface area contributed by atoms with Crippen molar-refractivity contribution in [3.8, 4) is 0 Å². The number of hydrogen-bond donors (Lipinski definition) is 0. The van der Waals surface area contributed by atoms with Crippen LogP contribution >= 0.6 is 0 Å². The Kier molecular flexibility index (Phi) is 3.02. The van der Waals surface area contributed by atoms with Gasteiger partial charge in [0.1, 0.15) is 5.82 Å². The van der Waals surface area contributed by atoms with Gasteiger partial charge in [0.2, 0.25) is 0 Å². The van der Waals surface area contributed by atoms with Crippen molar-refractivity contribution in [1.82, 2.24) is 0 Å². The van der Waals surface area contributed by atoms with Crippen molar-refractivity contribution in [2.45, 2.75) is 19.3 Å². The van der Waals surface area contributed by atoms with Gasteiger partial charge in [0, 0.05) is 11.1 Å². The third kappa shape index (κ3) is 2.06. The molecule has 1 aliphatic rings. The highest BCUT2D eigenvalue weighted by Crippen LogP contribution is 2.51. The van der Waals surface area contributed by atoms with Crippen LogP contribution in [0.2, 0.25) is 0 Å². The highest BCUT2D eigenvalue weighted by molar-refractivity contribution is 5.85. The Bertz CT molecular complexity index is 833. The Hall–Kier alpha value is -2.61. The second-order valence-electron chi connectivity index (χ2n) is 6.47. The Balaban J connectivity index is 2.04. The number of para-hydroxylation sites is 2. The number of benzene rings is 3. The molecule has 4 rings (SSSR count). The molecule has 0 bridgehead atoms. The highest BCUT2D eigenvalue weighted by atomic mass is 19.1. The van der Waals surface area contributed by atoms with Crippen molar-refractivity contribution in [3.63, 3.8) is 0 Å². The fourth-order valence-corrected chi connectivity index (χ4v) is 3.56. The van der Waals surface area contributed by atoms with E-state index in [2.05, 4.69) is 55.1 Å². The number of rotatable bonds is 1. The SMILES string of the molecule is CC1(C)c2ccccc2N(c2cccc(F)c2)c2ccccc21. The molecular weight excluding hydrogens is 285 g/mol. The van der Waals surface area contributed by atoms with Gasteiger partial charge >= 0.3 is 0 Å². The van der Waals surface area contributed by atoms with Gasteiger partial charge in [0.15, 0.2) is 0 Å². The Morgan fingerprint density at radius 1 is 0.739 bits per heavy atom. The van der Waals surface area contributed by atoms with Gasteiger partial charge in [-0.2, -0.15) is 0 Å². The Morgan fingerprint density at radius 3 is 1.87 bits per heavy atom. The van der Waals surface area contributed by atoms with Crippen molar-refractivity contribution in [3.05, 3.63) is 89.7 Å². The third-order valence-electron chi connectivity index (χ3n) is 4.70. The van der Waals surface area contributed by atoms with Crippen LogP contribution in [0.25, 0.3) is 0 Å². The molecule has 2 heteroatoms. The molecule has 0 spiro atoms. The van der Waals surface area contributed by atoms with Gasteiger partial charge in [-0.3, -0.25) is 0 Å². The summed E-state index contributed by atoms with van der Waals surface area (Å²) in [7, 11) is 0. The van der Waals surface area contributed by atoms with E-state index < -0.39 is 0 Å². The molecule has 0 atom stereocenters. The molecule has 0 aromatic heterocycles. The lowest BCUT2D eigenvalue weighted by Crippen LogP contribution is -2.30. The summed E-state index contributed by atoms with van der Waals surface area (Å²) in [5.74, 6) is -0.220. The molecule has 23 heavy (non-hydrogen) atoms. The molecule has 1 heterocycles. The van der Waals surface area contributed by atoms with Gasteiger partial charge in [-0.15, -0.1) is 0 Å². The first-order valence-corrected chi connectivity index (χ1v) is 7.84. The van der Waals surface area contributed by atoms with Crippen LogP contribution in [-0.2, 0) is 5.41 Å². The third-order valence-corrected chi connectivity index (χ3v) is 4.70. The number of fused-ring (bicyclic) bond motifs is 2. The lowest BCUT2D eigenvalue weighted by atomic mass is 9.73. The minimum absolute atomic E-state index is 0.0863. The molecular formula is C21H18FN. The van der Waals surface area contributed by atoms with Gasteiger partial charge in [0.05, 0.1) is 11.4 Å². The van der Waals surface area contributed by atoms with E-state index in [1.54, 1.807) is 12.1 Å². The summed E-state index contributed by atoms with van der Waals surface area (Å²) >= 11 is 0. The zero-order chi connectivity index (χ0) is 16.0. The van der Waals surface area contributed by atoms with E-state index in [0.717, 1.165) is 17.1 Å². The van der Waals surface area contributed by atoms with Crippen LogP contribution in [0.1, 0.15) is 25.0 Å². The maximum Gasteiger partial charge on any atom is 0.125 e. The van der Waals surface area contributed by atoms with Crippen LogP contribution < -0.4 is 4.90 Å². The Labute approximate surface area is 136 Å². The predicted octanol–water partition coefficient (Wildman–Crippen LogP) is 5.93. The van der Waals surface area contributed by atoms with E-state index >= 15 is 0 Å². The van der Waals surface area contributed by atoms with Crippen LogP contribution in [0.3, 0.4) is 0 Å². The van der Waals surface area contributed by atoms with E-state index in [1.165, 1.54) is 17.2 Å². The van der Waals surface area contributed by atoms with Crippen molar-refractivity contribution in [2.24, 2.45) is 0 Å². The molecule has 0 radical (unpaired) electrons. The fraction of sp³-hybridized carbons (Fsp3) is 0.143. The van der Waals surface area contributed by atoms with Gasteiger partial charge in [0.25, 0.3) is 0 Å². The van der Waals surface area contributed by atoms with Gasteiger partial charge < -0.3 is 4.90 Å². The summed E-state index contributed by atoms with van der Waals surface area (Å²) in [6, 6.07) is 23.5. The van der Waals surface area contributed by atoms with Crippen LogP contribution in [0.4, 0.5) is 21.5 Å². The van der Waals surface area contributed by atoms with Crippen molar-refractivity contribution in [2.75, 3.05) is 4.90 Å². The van der Waals surface area contributed by atoms with E-state index in [4.69, 9.17) is 0 Å². The molecule has 0 fully saturated rings. The second kappa shape index (κ2) is 4.95. The number of anilines is 3. The first-order chi connectivity index (χ1) is 11.1. The van der Waals surface area contributed by atoms with Gasteiger partial charge in [-0.05, 0) is 41.5 Å². The first kappa shape index (κ1) is 14.0. The number of hydrogen-bond acceptors (Lipinski definition) is 1. The molecule has 0 aliphatic carbocycles. The van der Waals surface area contributed by atoms with Gasteiger partial charge in [-0.1, -0.05) is 56.3 Å². The highest BCUT2D eigenvalue weighted by Gasteiger charge is 2.36. The van der Waals surface area contributed by atoms with Crippen LogP contribution in [0.5, 0.6) is 0 Å². The summed E-state index contributed by atoms with van der Waals surface area (Å²) in [6.07, 6.45) is 0. The largest absolute Gasteiger partial charge is 0.310 e. The summed E-state index contributed by atoms with van der Waals surface area (Å²) in [5.41, 5.74) is 5.49. The molecule has 0 saturated carbocycles. The molecule has 0 N–H and O–H groups in total. The average Bonchev–Trinajstić information content (AvgIpc) is 2.55. The van der Waals surface area contributed by atoms with Crippen molar-refractivity contribution >= 4 is 17.1 Å². The smallest absolute Gasteiger partial charge is 0.125 e. The van der Waals surface area contributed by atoms with Crippen molar-refractivity contribution in [1.29, 1.82) is 0 Å². The average molecular weight is 303 g/mol. The standard InChI is InChI=1S/C21H18FN/c1-21(2)17-10-3-5-12-19(17)23(16-9-7-8-15(22)14-16)20-13-6-4-11-18(20)21/h3-14H,1-2H3. The predicted molar refractivity (Wildman–Crippen MR) is 93.2 cm³/mol. The van der Waals surface area contributed by atoms with Crippen LogP contribution in [0, 0.1) is 5.82 Å². The maximum atomic E-state index is 13.8. The quantitative estimate of drug-likeness (QED) is 0.538. The van der Waals surface area contributed by atoms with Crippen molar-refractivity contribution < 1.29 is 4.39 Å².